The fourth-order valence-corrected chi connectivity index (χ4v) is 3.57. The minimum absolute atomic E-state index is 0.0691. The van der Waals surface area contributed by atoms with Crippen molar-refractivity contribution in [2.75, 3.05) is 33.3 Å². The topological polar surface area (TPSA) is 24.5 Å². The number of nitrogens with one attached hydrogen (secondary N) is 1. The van der Waals surface area contributed by atoms with Gasteiger partial charge in [-0.3, -0.25) is 4.90 Å². The van der Waals surface area contributed by atoms with E-state index < -0.39 is 17.7 Å². The number of rotatable bonds is 4. The lowest BCUT2D eigenvalue weighted by Crippen LogP contribution is -2.45. The van der Waals surface area contributed by atoms with E-state index in [0.717, 1.165) is 31.7 Å². The Morgan fingerprint density at radius 2 is 2.00 bits per heavy atom. The minimum atomic E-state index is -0.614. The predicted molar refractivity (Wildman–Crippen MR) is 83.5 cm³/mol. The molecule has 1 aromatic heterocycles. The number of hydrogen-bond acceptors (Lipinski definition) is 4. The fraction of sp³-hybridized carbons (Fsp3) is 0.375. The first kappa shape index (κ1) is 15.4. The molecule has 3 rings (SSSR count). The Balaban J connectivity index is 2.10. The first-order chi connectivity index (χ1) is 10.7. The Morgan fingerprint density at radius 1 is 1.23 bits per heavy atom. The molecule has 0 bridgehead atoms. The van der Waals surface area contributed by atoms with Gasteiger partial charge in [0.2, 0.25) is 0 Å². The lowest BCUT2D eigenvalue weighted by Gasteiger charge is -2.35. The summed E-state index contributed by atoms with van der Waals surface area (Å²) in [6.07, 6.45) is 0. The molecule has 1 fully saturated rings. The third-order valence-electron chi connectivity index (χ3n) is 3.96. The van der Waals surface area contributed by atoms with Gasteiger partial charge in [-0.05, 0) is 34.5 Å². The third kappa shape index (κ3) is 2.86. The van der Waals surface area contributed by atoms with E-state index in [1.807, 2.05) is 16.8 Å². The van der Waals surface area contributed by atoms with Crippen molar-refractivity contribution in [1.82, 2.24) is 10.2 Å². The first-order valence-electron chi connectivity index (χ1n) is 7.21. The van der Waals surface area contributed by atoms with Crippen molar-refractivity contribution in [2.45, 2.75) is 6.04 Å². The largest absolute Gasteiger partial charge is 0.494 e. The summed E-state index contributed by atoms with van der Waals surface area (Å²) in [4.78, 5) is 2.11. The summed E-state index contributed by atoms with van der Waals surface area (Å²) in [7, 11) is 1.39. The molecule has 1 atom stereocenters. The van der Waals surface area contributed by atoms with Gasteiger partial charge in [0.1, 0.15) is 5.82 Å². The Morgan fingerprint density at radius 3 is 2.64 bits per heavy atom. The summed E-state index contributed by atoms with van der Waals surface area (Å²) >= 11 is 1.53. The molecule has 0 spiro atoms. The van der Waals surface area contributed by atoms with Crippen LogP contribution in [-0.2, 0) is 0 Å². The molecular weight excluding hydrogens is 306 g/mol. The number of halogens is 2. The van der Waals surface area contributed by atoms with Gasteiger partial charge in [0.05, 0.1) is 13.2 Å². The molecule has 0 radical (unpaired) electrons. The van der Waals surface area contributed by atoms with Crippen LogP contribution in [-0.4, -0.2) is 38.2 Å². The van der Waals surface area contributed by atoms with Crippen LogP contribution in [0.3, 0.4) is 0 Å². The Hall–Kier alpha value is -1.50. The zero-order chi connectivity index (χ0) is 15.5. The number of benzene rings is 1. The maximum atomic E-state index is 14.7. The van der Waals surface area contributed by atoms with Crippen molar-refractivity contribution in [3.63, 3.8) is 0 Å². The van der Waals surface area contributed by atoms with Crippen LogP contribution in [0.1, 0.15) is 17.2 Å². The minimum Gasteiger partial charge on any atom is -0.494 e. The Bertz CT molecular complexity index is 627. The molecule has 1 N–H and O–H groups in total. The standard InChI is InChI=1S/C16H18F2N2OS/c1-21-13-3-2-12(17)14(15(13)18)16(11-4-9-22-10-11)20-7-5-19-6-8-20/h2-4,9-10,16,19H,5-8H2,1H3/t16-/m0/s1. The monoisotopic (exact) mass is 324 g/mol. The SMILES string of the molecule is COc1ccc(F)c([C@H](c2ccsc2)N2CCNCC2)c1F. The number of thiophene rings is 1. The zero-order valence-electron chi connectivity index (χ0n) is 12.3. The van der Waals surface area contributed by atoms with E-state index in [-0.39, 0.29) is 11.3 Å². The molecule has 1 saturated heterocycles. The van der Waals surface area contributed by atoms with Gasteiger partial charge in [0, 0.05) is 31.7 Å². The van der Waals surface area contributed by atoms with Crippen LogP contribution in [0.2, 0.25) is 0 Å². The van der Waals surface area contributed by atoms with Gasteiger partial charge >= 0.3 is 0 Å². The first-order valence-corrected chi connectivity index (χ1v) is 8.15. The average molecular weight is 324 g/mol. The van der Waals surface area contributed by atoms with E-state index >= 15 is 0 Å². The molecule has 0 aliphatic carbocycles. The zero-order valence-corrected chi connectivity index (χ0v) is 13.1. The van der Waals surface area contributed by atoms with Crippen molar-refractivity contribution in [3.05, 3.63) is 51.7 Å². The fourth-order valence-electron chi connectivity index (χ4n) is 2.89. The maximum absolute atomic E-state index is 14.7. The second-order valence-corrected chi connectivity index (χ2v) is 6.00. The molecule has 118 valence electrons. The van der Waals surface area contributed by atoms with Crippen LogP contribution >= 0.6 is 11.3 Å². The molecule has 3 nitrogen and oxygen atoms in total. The number of methoxy groups -OCH3 is 1. The van der Waals surface area contributed by atoms with Crippen LogP contribution in [0, 0.1) is 11.6 Å². The van der Waals surface area contributed by atoms with Gasteiger partial charge in [-0.15, -0.1) is 0 Å². The number of ether oxygens (including phenoxy) is 1. The smallest absolute Gasteiger partial charge is 0.173 e. The van der Waals surface area contributed by atoms with Crippen LogP contribution < -0.4 is 10.1 Å². The Kier molecular flexibility index (Phi) is 4.71. The highest BCUT2D eigenvalue weighted by molar-refractivity contribution is 7.08. The maximum Gasteiger partial charge on any atom is 0.173 e. The van der Waals surface area contributed by atoms with Gasteiger partial charge in [0.15, 0.2) is 11.6 Å². The van der Waals surface area contributed by atoms with Gasteiger partial charge in [0.25, 0.3) is 0 Å². The summed E-state index contributed by atoms with van der Waals surface area (Å²) in [6, 6.07) is 4.11. The van der Waals surface area contributed by atoms with Crippen molar-refractivity contribution >= 4 is 11.3 Å². The highest BCUT2D eigenvalue weighted by atomic mass is 32.1. The van der Waals surface area contributed by atoms with Crippen molar-refractivity contribution < 1.29 is 13.5 Å². The van der Waals surface area contributed by atoms with Crippen LogP contribution in [0.25, 0.3) is 0 Å². The predicted octanol–water partition coefficient (Wildman–Crippen LogP) is 3.03. The van der Waals surface area contributed by atoms with Crippen LogP contribution in [0.4, 0.5) is 8.78 Å². The second kappa shape index (κ2) is 6.73. The van der Waals surface area contributed by atoms with Crippen LogP contribution in [0.15, 0.2) is 29.0 Å². The van der Waals surface area contributed by atoms with E-state index in [4.69, 9.17) is 4.74 Å². The van der Waals surface area contributed by atoms with E-state index in [9.17, 15) is 8.78 Å². The Labute approximate surface area is 132 Å². The molecule has 0 saturated carbocycles. The normalized spacial score (nSPS) is 17.4. The molecule has 22 heavy (non-hydrogen) atoms. The van der Waals surface area contributed by atoms with Crippen molar-refractivity contribution in [3.8, 4) is 5.75 Å². The number of nitrogens with zero attached hydrogens (tertiary/aromatic N) is 1. The van der Waals surface area contributed by atoms with Crippen LogP contribution in [0.5, 0.6) is 5.75 Å². The number of hydrogen-bond donors (Lipinski definition) is 1. The van der Waals surface area contributed by atoms with Crippen molar-refractivity contribution in [2.24, 2.45) is 0 Å². The summed E-state index contributed by atoms with van der Waals surface area (Å²) in [6.45, 7) is 3.12. The van der Waals surface area contributed by atoms with E-state index in [1.165, 1.54) is 30.6 Å². The molecule has 0 amide bonds. The molecule has 2 heterocycles. The highest BCUT2D eigenvalue weighted by Gasteiger charge is 2.30. The van der Waals surface area contributed by atoms with Crippen molar-refractivity contribution in [1.29, 1.82) is 0 Å². The van der Waals surface area contributed by atoms with E-state index in [2.05, 4.69) is 10.2 Å². The third-order valence-corrected chi connectivity index (χ3v) is 4.66. The second-order valence-electron chi connectivity index (χ2n) is 5.22. The molecule has 1 aromatic carbocycles. The van der Waals surface area contributed by atoms with Gasteiger partial charge < -0.3 is 10.1 Å². The van der Waals surface area contributed by atoms with E-state index in [1.54, 1.807) is 0 Å². The summed E-state index contributed by atoms with van der Waals surface area (Å²) in [5.74, 6) is -1.07. The van der Waals surface area contributed by atoms with Gasteiger partial charge in [-0.25, -0.2) is 8.78 Å². The molecule has 0 unspecified atom stereocenters. The summed E-state index contributed by atoms with van der Waals surface area (Å²) in [5, 5.41) is 7.15. The average Bonchev–Trinajstić information content (AvgIpc) is 3.06. The lowest BCUT2D eigenvalue weighted by atomic mass is 9.97. The number of piperazine rings is 1. The molecule has 1 aliphatic heterocycles. The molecular formula is C16H18F2N2OS. The van der Waals surface area contributed by atoms with E-state index in [0.29, 0.717) is 0 Å². The molecule has 1 aliphatic rings. The van der Waals surface area contributed by atoms with Gasteiger partial charge in [-0.2, -0.15) is 11.3 Å². The summed E-state index contributed by atoms with van der Waals surface area (Å²) in [5.41, 5.74) is 0.984. The lowest BCUT2D eigenvalue weighted by molar-refractivity contribution is 0.191. The van der Waals surface area contributed by atoms with Gasteiger partial charge in [-0.1, -0.05) is 0 Å². The summed E-state index contributed by atoms with van der Waals surface area (Å²) < 4.78 is 34.2. The molecule has 6 heteroatoms. The highest BCUT2D eigenvalue weighted by Crippen LogP contribution is 2.36. The quantitative estimate of drug-likeness (QED) is 0.936. The molecule has 2 aromatic rings.